The fourth-order valence-corrected chi connectivity index (χ4v) is 3.04. The van der Waals surface area contributed by atoms with Crippen molar-refractivity contribution >= 4 is 5.97 Å². The molecule has 11 nitrogen and oxygen atoms in total. The van der Waals surface area contributed by atoms with Gasteiger partial charge in [-0.25, -0.2) is 4.79 Å². The van der Waals surface area contributed by atoms with Crippen LogP contribution in [-0.4, -0.2) is 106 Å². The Morgan fingerprint density at radius 1 is 1.22 bits per heavy atom. The molecule has 0 aromatic heterocycles. The highest BCUT2D eigenvalue weighted by atomic mass is 16.7. The van der Waals surface area contributed by atoms with Crippen LogP contribution in [0.2, 0.25) is 0 Å². The number of carboxylic acids is 1. The average molecular weight is 397 g/mol. The Labute approximate surface area is 157 Å². The first kappa shape index (κ1) is 24.1. The van der Waals surface area contributed by atoms with E-state index in [1.165, 1.54) is 0 Å². The maximum atomic E-state index is 11.2. The van der Waals surface area contributed by atoms with Crippen molar-refractivity contribution in [2.45, 2.75) is 76.0 Å². The summed E-state index contributed by atoms with van der Waals surface area (Å²) in [5.74, 6) is -1.57. The minimum absolute atomic E-state index is 0.0437. The molecule has 8 atom stereocenters. The Morgan fingerprint density at radius 2 is 1.81 bits per heavy atom. The summed E-state index contributed by atoms with van der Waals surface area (Å²) in [5, 5.41) is 60.6. The highest BCUT2D eigenvalue weighted by Gasteiger charge is 2.48. The number of carbonyl (C=O) groups is 1. The van der Waals surface area contributed by atoms with Crippen LogP contribution in [0, 0.1) is 5.92 Å². The molecule has 0 aromatic carbocycles. The van der Waals surface area contributed by atoms with Crippen LogP contribution in [0.3, 0.4) is 0 Å². The van der Waals surface area contributed by atoms with Crippen LogP contribution in [0.15, 0.2) is 0 Å². The molecular weight excluding hydrogens is 366 g/mol. The van der Waals surface area contributed by atoms with Crippen LogP contribution >= 0.6 is 0 Å². The Balaban J connectivity index is 3.09. The molecule has 0 amide bonds. The zero-order valence-corrected chi connectivity index (χ0v) is 15.8. The highest BCUT2D eigenvalue weighted by Crippen LogP contribution is 2.29. The van der Waals surface area contributed by atoms with Crippen molar-refractivity contribution in [3.8, 4) is 0 Å². The summed E-state index contributed by atoms with van der Waals surface area (Å²) >= 11 is 0. The molecular formula is C16H31NO10. The molecule has 160 valence electrons. The Bertz CT molecular complexity index is 460. The molecule has 1 aliphatic rings. The van der Waals surface area contributed by atoms with Crippen LogP contribution in [-0.2, 0) is 19.0 Å². The van der Waals surface area contributed by atoms with Crippen molar-refractivity contribution in [2.24, 2.45) is 5.92 Å². The maximum absolute atomic E-state index is 11.2. The molecule has 0 saturated carbocycles. The lowest BCUT2D eigenvalue weighted by molar-refractivity contribution is -0.318. The molecule has 8 unspecified atom stereocenters. The van der Waals surface area contributed by atoms with Gasteiger partial charge in [0.05, 0.1) is 24.9 Å². The van der Waals surface area contributed by atoms with E-state index in [-0.39, 0.29) is 5.92 Å². The zero-order chi connectivity index (χ0) is 20.9. The van der Waals surface area contributed by atoms with E-state index < -0.39 is 67.8 Å². The Morgan fingerprint density at radius 3 is 2.19 bits per heavy atom. The molecule has 1 rings (SSSR count). The van der Waals surface area contributed by atoms with E-state index in [1.54, 1.807) is 7.05 Å². The highest BCUT2D eigenvalue weighted by molar-refractivity contribution is 5.73. The number of aliphatic hydroxyl groups is 5. The molecule has 0 aromatic rings. The minimum Gasteiger partial charge on any atom is -0.479 e. The summed E-state index contributed by atoms with van der Waals surface area (Å²) in [6.07, 6.45) is -11.3. The predicted octanol–water partition coefficient (Wildman–Crippen LogP) is -2.78. The molecule has 1 heterocycles. The molecule has 1 aliphatic heterocycles. The molecule has 0 bridgehead atoms. The standard InChI is InChI=1S/C16H31NO10/c1-6(2)11-9(17-4)13(10(20)8(5-18)25-11)27-16(15(23)24)26-12(7(3)19)14(21)22/h6-13,15-20,23-24H,5H2,1-4H3,(H,21,22). The third-order valence-corrected chi connectivity index (χ3v) is 4.42. The summed E-state index contributed by atoms with van der Waals surface area (Å²) in [6, 6.07) is -0.623. The maximum Gasteiger partial charge on any atom is 0.335 e. The first-order valence-electron chi connectivity index (χ1n) is 8.74. The Hall–Kier alpha value is -0.890. The molecule has 0 aliphatic carbocycles. The summed E-state index contributed by atoms with van der Waals surface area (Å²) in [7, 11) is 1.59. The second kappa shape index (κ2) is 10.6. The number of hydrogen-bond donors (Lipinski definition) is 7. The summed E-state index contributed by atoms with van der Waals surface area (Å²) < 4.78 is 16.2. The van der Waals surface area contributed by atoms with Crippen molar-refractivity contribution in [3.63, 3.8) is 0 Å². The lowest BCUT2D eigenvalue weighted by Gasteiger charge is -2.47. The second-order valence-electron chi connectivity index (χ2n) is 6.89. The molecule has 0 radical (unpaired) electrons. The quantitative estimate of drug-likeness (QED) is 0.190. The molecule has 11 heteroatoms. The van der Waals surface area contributed by atoms with Gasteiger partial charge in [0.2, 0.25) is 12.6 Å². The third-order valence-electron chi connectivity index (χ3n) is 4.42. The van der Waals surface area contributed by atoms with Gasteiger partial charge >= 0.3 is 5.97 Å². The van der Waals surface area contributed by atoms with E-state index in [4.69, 9.17) is 19.3 Å². The largest absolute Gasteiger partial charge is 0.479 e. The van der Waals surface area contributed by atoms with Crippen molar-refractivity contribution in [1.82, 2.24) is 5.32 Å². The van der Waals surface area contributed by atoms with E-state index in [9.17, 15) is 30.3 Å². The van der Waals surface area contributed by atoms with E-state index >= 15 is 0 Å². The van der Waals surface area contributed by atoms with Gasteiger partial charge in [0.25, 0.3) is 0 Å². The van der Waals surface area contributed by atoms with Gasteiger partial charge in [0, 0.05) is 0 Å². The second-order valence-corrected chi connectivity index (χ2v) is 6.89. The minimum atomic E-state index is -2.25. The number of carboxylic acid groups (broad SMARTS) is 1. The van der Waals surface area contributed by atoms with Crippen LogP contribution in [0.1, 0.15) is 20.8 Å². The normalized spacial score (nSPS) is 32.5. The summed E-state index contributed by atoms with van der Waals surface area (Å²) in [4.78, 5) is 11.2. The fourth-order valence-electron chi connectivity index (χ4n) is 3.04. The van der Waals surface area contributed by atoms with E-state index in [2.05, 4.69) is 5.32 Å². The zero-order valence-electron chi connectivity index (χ0n) is 15.8. The topological polar surface area (TPSA) is 178 Å². The number of aliphatic hydroxyl groups excluding tert-OH is 4. The van der Waals surface area contributed by atoms with Crippen LogP contribution in [0.4, 0.5) is 0 Å². The first-order chi connectivity index (χ1) is 12.5. The van der Waals surface area contributed by atoms with E-state index in [1.807, 2.05) is 13.8 Å². The van der Waals surface area contributed by atoms with E-state index in [0.29, 0.717) is 0 Å². The lowest BCUT2D eigenvalue weighted by Crippen LogP contribution is -2.66. The van der Waals surface area contributed by atoms with Crippen LogP contribution < -0.4 is 5.32 Å². The van der Waals surface area contributed by atoms with Crippen molar-refractivity contribution < 1.29 is 49.6 Å². The number of hydrogen-bond acceptors (Lipinski definition) is 10. The summed E-state index contributed by atoms with van der Waals surface area (Å²) in [5.41, 5.74) is 0. The molecule has 1 saturated heterocycles. The Kier molecular flexibility index (Phi) is 9.48. The van der Waals surface area contributed by atoms with Gasteiger partial charge in [-0.15, -0.1) is 0 Å². The monoisotopic (exact) mass is 397 g/mol. The van der Waals surface area contributed by atoms with Gasteiger partial charge in [0.1, 0.15) is 18.3 Å². The van der Waals surface area contributed by atoms with Crippen molar-refractivity contribution in [3.05, 3.63) is 0 Å². The van der Waals surface area contributed by atoms with Gasteiger partial charge in [-0.05, 0) is 19.9 Å². The van der Waals surface area contributed by atoms with Gasteiger partial charge in [-0.1, -0.05) is 13.8 Å². The van der Waals surface area contributed by atoms with Crippen LogP contribution in [0.25, 0.3) is 0 Å². The van der Waals surface area contributed by atoms with Crippen LogP contribution in [0.5, 0.6) is 0 Å². The predicted molar refractivity (Wildman–Crippen MR) is 90.5 cm³/mol. The van der Waals surface area contributed by atoms with Gasteiger partial charge in [-0.3, -0.25) is 0 Å². The number of aliphatic carboxylic acids is 1. The molecule has 7 N–H and O–H groups in total. The van der Waals surface area contributed by atoms with Gasteiger partial charge < -0.3 is 50.2 Å². The van der Waals surface area contributed by atoms with Gasteiger partial charge in [-0.2, -0.15) is 0 Å². The van der Waals surface area contributed by atoms with Gasteiger partial charge in [0.15, 0.2) is 6.10 Å². The molecule has 0 spiro atoms. The number of rotatable bonds is 10. The number of likely N-dealkylation sites (N-methyl/N-ethyl adjacent to an activating group) is 1. The SMILES string of the molecule is CNC1C(C(C)C)OC(CO)C(O)C1OC(OC(C(=O)O)C(C)O)C(O)O. The lowest BCUT2D eigenvalue weighted by atomic mass is 9.87. The fraction of sp³-hybridized carbons (Fsp3) is 0.938. The smallest absolute Gasteiger partial charge is 0.335 e. The summed E-state index contributed by atoms with van der Waals surface area (Å²) in [6.45, 7) is 4.39. The molecule has 1 fully saturated rings. The van der Waals surface area contributed by atoms with E-state index in [0.717, 1.165) is 6.92 Å². The third kappa shape index (κ3) is 6.04. The number of nitrogens with one attached hydrogen (secondary N) is 1. The van der Waals surface area contributed by atoms with Crippen molar-refractivity contribution in [1.29, 1.82) is 0 Å². The van der Waals surface area contributed by atoms with Crippen molar-refractivity contribution in [2.75, 3.05) is 13.7 Å². The average Bonchev–Trinajstić information content (AvgIpc) is 2.57. The first-order valence-corrected chi connectivity index (χ1v) is 8.74. The molecule has 27 heavy (non-hydrogen) atoms. The number of ether oxygens (including phenoxy) is 3.